The SMILES string of the molecule is C.C.C.C=C1CCc2cc(C(C)(C)C)ccc21.CN1C(=O)c2ccc(C(C)(C)C)cc2C1=O. The lowest BCUT2D eigenvalue weighted by molar-refractivity contribution is 0.0693. The molecule has 0 aromatic heterocycles. The van der Waals surface area contributed by atoms with Crippen LogP contribution in [-0.4, -0.2) is 23.8 Å². The Morgan fingerprint density at radius 1 is 0.697 bits per heavy atom. The van der Waals surface area contributed by atoms with E-state index in [1.165, 1.54) is 35.7 Å². The van der Waals surface area contributed by atoms with Gasteiger partial charge in [0, 0.05) is 7.05 Å². The molecule has 4 rings (SSSR count). The first-order valence-corrected chi connectivity index (χ1v) is 10.6. The van der Waals surface area contributed by atoms with Gasteiger partial charge in [0.1, 0.15) is 0 Å². The van der Waals surface area contributed by atoms with Gasteiger partial charge < -0.3 is 0 Å². The van der Waals surface area contributed by atoms with Crippen LogP contribution in [-0.2, 0) is 17.3 Å². The highest BCUT2D eigenvalue weighted by molar-refractivity contribution is 6.21. The molecule has 2 aromatic rings. The summed E-state index contributed by atoms with van der Waals surface area (Å²) in [6.45, 7) is 17.1. The Labute approximate surface area is 202 Å². The fraction of sp³-hybridized carbons (Fsp3) is 0.467. The Bertz CT molecular complexity index is 1030. The molecule has 2 aliphatic rings. The number of fused-ring (bicyclic) bond motifs is 2. The smallest absolute Gasteiger partial charge is 0.261 e. The minimum Gasteiger partial charge on any atom is -0.277 e. The van der Waals surface area contributed by atoms with Crippen molar-refractivity contribution in [2.24, 2.45) is 0 Å². The first-order chi connectivity index (χ1) is 13.8. The number of hydrogen-bond donors (Lipinski definition) is 0. The van der Waals surface area contributed by atoms with Crippen LogP contribution in [0.1, 0.15) is 113 Å². The molecule has 0 atom stereocenters. The van der Waals surface area contributed by atoms with E-state index in [9.17, 15) is 9.59 Å². The molecule has 0 N–H and O–H groups in total. The Morgan fingerprint density at radius 2 is 1.15 bits per heavy atom. The van der Waals surface area contributed by atoms with Gasteiger partial charge in [0.15, 0.2) is 0 Å². The maximum atomic E-state index is 11.8. The van der Waals surface area contributed by atoms with E-state index in [2.05, 4.69) is 66.3 Å². The highest BCUT2D eigenvalue weighted by atomic mass is 16.2. The molecule has 0 fully saturated rings. The first kappa shape index (κ1) is 30.3. The number of hydrogen-bond acceptors (Lipinski definition) is 2. The van der Waals surface area contributed by atoms with E-state index in [1.807, 2.05) is 12.1 Å². The molecular weight excluding hydrogens is 406 g/mol. The van der Waals surface area contributed by atoms with Gasteiger partial charge in [-0.2, -0.15) is 0 Å². The topological polar surface area (TPSA) is 37.4 Å². The number of amides is 2. The summed E-state index contributed by atoms with van der Waals surface area (Å²) in [6, 6.07) is 12.3. The van der Waals surface area contributed by atoms with Crippen LogP contribution in [0, 0.1) is 0 Å². The average molecular weight is 452 g/mol. The highest BCUT2D eigenvalue weighted by Gasteiger charge is 2.33. The minimum absolute atomic E-state index is 0. The molecule has 0 bridgehead atoms. The Hall–Kier alpha value is -2.68. The van der Waals surface area contributed by atoms with Crippen LogP contribution in [0.5, 0.6) is 0 Å². The monoisotopic (exact) mass is 451 g/mol. The zero-order valence-corrected chi connectivity index (χ0v) is 19.3. The maximum absolute atomic E-state index is 11.8. The van der Waals surface area contributed by atoms with Crippen LogP contribution >= 0.6 is 0 Å². The van der Waals surface area contributed by atoms with Gasteiger partial charge in [-0.1, -0.05) is 94.7 Å². The van der Waals surface area contributed by atoms with Crippen molar-refractivity contribution in [1.29, 1.82) is 0 Å². The summed E-state index contributed by atoms with van der Waals surface area (Å²) in [7, 11) is 1.52. The molecule has 0 unspecified atom stereocenters. The lowest BCUT2D eigenvalue weighted by Gasteiger charge is -2.20. The summed E-state index contributed by atoms with van der Waals surface area (Å²) in [5, 5.41) is 0. The van der Waals surface area contributed by atoms with Gasteiger partial charge in [0.2, 0.25) is 0 Å². The summed E-state index contributed by atoms with van der Waals surface area (Å²) in [5.74, 6) is -0.411. The molecule has 2 amide bonds. The predicted octanol–water partition coefficient (Wildman–Crippen LogP) is 8.06. The Morgan fingerprint density at radius 3 is 1.67 bits per heavy atom. The number of carbonyl (C=O) groups is 2. The normalized spacial score (nSPS) is 14.3. The van der Waals surface area contributed by atoms with Crippen LogP contribution in [0.25, 0.3) is 5.57 Å². The molecule has 0 saturated carbocycles. The molecule has 33 heavy (non-hydrogen) atoms. The van der Waals surface area contributed by atoms with Gasteiger partial charge in [0.25, 0.3) is 11.8 Å². The number of nitrogens with zero attached hydrogens (tertiary/aromatic N) is 1. The Balaban J connectivity index is 0.000000573. The van der Waals surface area contributed by atoms with Gasteiger partial charge in [-0.25, -0.2) is 0 Å². The lowest BCUT2D eigenvalue weighted by atomic mass is 9.85. The molecule has 1 aliphatic heterocycles. The predicted molar refractivity (Wildman–Crippen MR) is 144 cm³/mol. The number of aryl methyl sites for hydroxylation is 1. The first-order valence-electron chi connectivity index (χ1n) is 10.6. The molecule has 0 spiro atoms. The highest BCUT2D eigenvalue weighted by Crippen LogP contribution is 2.34. The quantitative estimate of drug-likeness (QED) is 0.380. The van der Waals surface area contributed by atoms with Gasteiger partial charge in [0.05, 0.1) is 11.1 Å². The lowest BCUT2D eigenvalue weighted by Crippen LogP contribution is -2.24. The van der Waals surface area contributed by atoms with Crippen molar-refractivity contribution in [3.63, 3.8) is 0 Å². The largest absolute Gasteiger partial charge is 0.277 e. The fourth-order valence-electron chi connectivity index (χ4n) is 3.86. The van der Waals surface area contributed by atoms with Crippen molar-refractivity contribution in [2.45, 2.75) is 87.5 Å². The third kappa shape index (κ3) is 6.01. The number of carbonyl (C=O) groups excluding carboxylic acids is 2. The average Bonchev–Trinajstić information content (AvgIpc) is 3.14. The zero-order chi connectivity index (χ0) is 22.4. The van der Waals surface area contributed by atoms with Crippen LogP contribution in [0.3, 0.4) is 0 Å². The van der Waals surface area contributed by atoms with E-state index in [1.54, 1.807) is 6.07 Å². The third-order valence-electron chi connectivity index (χ3n) is 6.00. The molecule has 3 heteroatoms. The van der Waals surface area contributed by atoms with Crippen LogP contribution in [0.4, 0.5) is 0 Å². The van der Waals surface area contributed by atoms with E-state index >= 15 is 0 Å². The van der Waals surface area contributed by atoms with Crippen molar-refractivity contribution in [1.82, 2.24) is 4.90 Å². The molecule has 0 radical (unpaired) electrons. The van der Waals surface area contributed by atoms with Crippen molar-refractivity contribution >= 4 is 17.4 Å². The van der Waals surface area contributed by atoms with Crippen molar-refractivity contribution < 1.29 is 9.59 Å². The number of imide groups is 1. The standard InChI is InChI=1S/C14H18.C13H15NO2.3CH4/c1-10-5-6-11-9-12(14(2,3)4)7-8-13(10)11;1-13(2,3)8-5-6-9-10(7-8)12(16)14(4)11(9)15;;;/h7-9H,1,5-6H2,2-4H3;5-7H,1-4H3;3*1H4. The van der Waals surface area contributed by atoms with E-state index in [4.69, 9.17) is 0 Å². The van der Waals surface area contributed by atoms with Crippen LogP contribution < -0.4 is 0 Å². The minimum atomic E-state index is -0.208. The molecule has 0 saturated heterocycles. The molecule has 2 aromatic carbocycles. The second-order valence-electron chi connectivity index (χ2n) is 10.4. The van der Waals surface area contributed by atoms with Crippen molar-refractivity contribution in [3.05, 3.63) is 76.4 Å². The number of allylic oxidation sites excluding steroid dienone is 1. The molecule has 1 aliphatic carbocycles. The summed E-state index contributed by atoms with van der Waals surface area (Å²) in [4.78, 5) is 24.6. The van der Waals surface area contributed by atoms with Crippen molar-refractivity contribution in [2.75, 3.05) is 7.05 Å². The van der Waals surface area contributed by atoms with E-state index in [0.29, 0.717) is 11.1 Å². The molecule has 3 nitrogen and oxygen atoms in total. The van der Waals surface area contributed by atoms with Gasteiger partial charge in [-0.15, -0.1) is 0 Å². The van der Waals surface area contributed by atoms with Crippen LogP contribution in [0.15, 0.2) is 43.0 Å². The van der Waals surface area contributed by atoms with Crippen molar-refractivity contribution in [3.8, 4) is 0 Å². The van der Waals surface area contributed by atoms with Gasteiger partial charge >= 0.3 is 0 Å². The Kier molecular flexibility index (Phi) is 9.65. The van der Waals surface area contributed by atoms with E-state index < -0.39 is 0 Å². The number of rotatable bonds is 0. The summed E-state index contributed by atoms with van der Waals surface area (Å²) < 4.78 is 0. The number of benzene rings is 2. The summed E-state index contributed by atoms with van der Waals surface area (Å²) in [5.41, 5.74) is 7.98. The van der Waals surface area contributed by atoms with E-state index in [-0.39, 0.29) is 44.9 Å². The molecule has 182 valence electrons. The maximum Gasteiger partial charge on any atom is 0.261 e. The van der Waals surface area contributed by atoms with Gasteiger partial charge in [-0.05, 0) is 63.6 Å². The summed E-state index contributed by atoms with van der Waals surface area (Å²) >= 11 is 0. The fourth-order valence-corrected chi connectivity index (χ4v) is 3.86. The zero-order valence-electron chi connectivity index (χ0n) is 19.3. The van der Waals surface area contributed by atoms with E-state index in [0.717, 1.165) is 16.9 Å². The van der Waals surface area contributed by atoms with Gasteiger partial charge in [-0.3, -0.25) is 14.5 Å². The second kappa shape index (κ2) is 10.5. The molecular formula is C30H45NO2. The third-order valence-corrected chi connectivity index (χ3v) is 6.00. The molecule has 1 heterocycles. The summed E-state index contributed by atoms with van der Waals surface area (Å²) in [6.07, 6.45) is 2.32. The second-order valence-corrected chi connectivity index (χ2v) is 10.4. The van der Waals surface area contributed by atoms with Crippen LogP contribution in [0.2, 0.25) is 0 Å².